The molecule has 1 aromatic heterocycles. The number of nitrogens with zero attached hydrogens (tertiary/aromatic N) is 2. The van der Waals surface area contributed by atoms with Crippen molar-refractivity contribution in [1.82, 2.24) is 9.88 Å². The zero-order chi connectivity index (χ0) is 14.2. The number of halogens is 2. The third kappa shape index (κ3) is 2.96. The van der Waals surface area contributed by atoms with Gasteiger partial charge in [0, 0.05) is 30.5 Å². The number of alkyl halides is 2. The van der Waals surface area contributed by atoms with Crippen molar-refractivity contribution in [2.24, 2.45) is 5.92 Å². The molecule has 106 valence electrons. The highest BCUT2D eigenvalue weighted by Gasteiger charge is 2.55. The fourth-order valence-corrected chi connectivity index (χ4v) is 2.57. The SMILES string of the molecule is CN(CC[C@H]1CC1(F)F)Cc1ccc2ncccc2c1. The monoisotopic (exact) mass is 276 g/mol. The van der Waals surface area contributed by atoms with Crippen molar-refractivity contribution in [2.75, 3.05) is 13.6 Å². The van der Waals surface area contributed by atoms with Crippen LogP contribution in [0.15, 0.2) is 36.5 Å². The first kappa shape index (κ1) is 13.4. The summed E-state index contributed by atoms with van der Waals surface area (Å²) in [6, 6.07) is 10.1. The Morgan fingerprint density at radius 3 is 2.90 bits per heavy atom. The van der Waals surface area contributed by atoms with Gasteiger partial charge in [-0.3, -0.25) is 4.98 Å². The van der Waals surface area contributed by atoms with E-state index in [-0.39, 0.29) is 6.42 Å². The molecule has 1 atom stereocenters. The number of aromatic nitrogens is 1. The molecule has 0 unspecified atom stereocenters. The zero-order valence-electron chi connectivity index (χ0n) is 11.5. The van der Waals surface area contributed by atoms with E-state index in [0.717, 1.165) is 17.4 Å². The van der Waals surface area contributed by atoms with Gasteiger partial charge in [-0.25, -0.2) is 8.78 Å². The van der Waals surface area contributed by atoms with Crippen molar-refractivity contribution >= 4 is 10.9 Å². The standard InChI is InChI=1S/C16H18F2N2/c1-20(8-6-14-10-16(14,17)18)11-12-4-5-15-13(9-12)3-2-7-19-15/h2-5,7,9,14H,6,8,10-11H2,1H3/t14-/m0/s1. The van der Waals surface area contributed by atoms with Crippen LogP contribution in [0.5, 0.6) is 0 Å². The summed E-state index contributed by atoms with van der Waals surface area (Å²) >= 11 is 0. The Hall–Kier alpha value is -1.55. The Labute approximate surface area is 117 Å². The average Bonchev–Trinajstić information content (AvgIpc) is 3.04. The summed E-state index contributed by atoms with van der Waals surface area (Å²) in [5.41, 5.74) is 2.17. The molecule has 0 bridgehead atoms. The predicted octanol–water partition coefficient (Wildman–Crippen LogP) is 3.71. The van der Waals surface area contributed by atoms with Crippen LogP contribution in [0.2, 0.25) is 0 Å². The lowest BCUT2D eigenvalue weighted by Gasteiger charge is -2.16. The van der Waals surface area contributed by atoms with Crippen molar-refractivity contribution in [3.8, 4) is 0 Å². The number of pyridine rings is 1. The predicted molar refractivity (Wildman–Crippen MR) is 75.7 cm³/mol. The molecule has 0 spiro atoms. The van der Waals surface area contributed by atoms with Gasteiger partial charge >= 0.3 is 0 Å². The Morgan fingerprint density at radius 1 is 1.35 bits per heavy atom. The number of benzene rings is 1. The van der Waals surface area contributed by atoms with Crippen LogP contribution >= 0.6 is 0 Å². The van der Waals surface area contributed by atoms with Crippen LogP contribution in [0, 0.1) is 5.92 Å². The third-order valence-electron chi connectivity index (χ3n) is 3.93. The fourth-order valence-electron chi connectivity index (χ4n) is 2.57. The quantitative estimate of drug-likeness (QED) is 0.827. The molecule has 0 saturated heterocycles. The molecule has 1 heterocycles. The van der Waals surface area contributed by atoms with E-state index in [1.165, 1.54) is 5.56 Å². The van der Waals surface area contributed by atoms with Crippen molar-refractivity contribution in [2.45, 2.75) is 25.3 Å². The number of hydrogen-bond donors (Lipinski definition) is 0. The van der Waals surface area contributed by atoms with Crippen LogP contribution < -0.4 is 0 Å². The molecule has 20 heavy (non-hydrogen) atoms. The average molecular weight is 276 g/mol. The van der Waals surface area contributed by atoms with Gasteiger partial charge in [0.25, 0.3) is 5.92 Å². The van der Waals surface area contributed by atoms with Crippen molar-refractivity contribution < 1.29 is 8.78 Å². The van der Waals surface area contributed by atoms with Gasteiger partial charge in [-0.2, -0.15) is 0 Å². The minimum Gasteiger partial charge on any atom is -0.302 e. The first-order valence-electron chi connectivity index (χ1n) is 6.95. The van der Waals surface area contributed by atoms with Crippen molar-refractivity contribution in [3.63, 3.8) is 0 Å². The van der Waals surface area contributed by atoms with Crippen LogP contribution in [-0.4, -0.2) is 29.4 Å². The Balaban J connectivity index is 1.58. The lowest BCUT2D eigenvalue weighted by molar-refractivity contribution is 0.0944. The maximum Gasteiger partial charge on any atom is 0.251 e. The highest BCUT2D eigenvalue weighted by atomic mass is 19.3. The molecule has 3 rings (SSSR count). The maximum atomic E-state index is 12.8. The summed E-state index contributed by atoms with van der Waals surface area (Å²) in [7, 11) is 1.98. The maximum absolute atomic E-state index is 12.8. The number of fused-ring (bicyclic) bond motifs is 1. The summed E-state index contributed by atoms with van der Waals surface area (Å²) in [4.78, 5) is 6.39. The van der Waals surface area contributed by atoms with Gasteiger partial charge in [0.1, 0.15) is 0 Å². The molecular formula is C16H18F2N2. The van der Waals surface area contributed by atoms with E-state index in [2.05, 4.69) is 22.0 Å². The van der Waals surface area contributed by atoms with Gasteiger partial charge < -0.3 is 4.90 Å². The minimum absolute atomic E-state index is 0.0719. The number of hydrogen-bond acceptors (Lipinski definition) is 2. The van der Waals surface area contributed by atoms with Crippen LogP contribution in [0.4, 0.5) is 8.78 Å². The van der Waals surface area contributed by atoms with Gasteiger partial charge in [-0.1, -0.05) is 12.1 Å². The van der Waals surface area contributed by atoms with E-state index < -0.39 is 11.8 Å². The second-order valence-corrected chi connectivity index (χ2v) is 5.72. The molecule has 1 aromatic carbocycles. The van der Waals surface area contributed by atoms with Gasteiger partial charge in [0.05, 0.1) is 5.52 Å². The second-order valence-electron chi connectivity index (χ2n) is 5.72. The van der Waals surface area contributed by atoms with Gasteiger partial charge in [0.15, 0.2) is 0 Å². The fraction of sp³-hybridized carbons (Fsp3) is 0.438. The van der Waals surface area contributed by atoms with Gasteiger partial charge in [-0.15, -0.1) is 0 Å². The zero-order valence-corrected chi connectivity index (χ0v) is 11.5. The molecule has 0 N–H and O–H groups in total. The topological polar surface area (TPSA) is 16.1 Å². The second kappa shape index (κ2) is 5.09. The summed E-state index contributed by atoms with van der Waals surface area (Å²) in [6.45, 7) is 1.49. The van der Waals surface area contributed by atoms with E-state index in [1.807, 2.05) is 25.2 Å². The van der Waals surface area contributed by atoms with Crippen molar-refractivity contribution in [3.05, 3.63) is 42.1 Å². The lowest BCUT2D eigenvalue weighted by Crippen LogP contribution is -2.20. The van der Waals surface area contributed by atoms with Crippen LogP contribution in [0.25, 0.3) is 10.9 Å². The molecule has 0 radical (unpaired) electrons. The number of rotatable bonds is 5. The molecule has 1 fully saturated rings. The molecule has 2 nitrogen and oxygen atoms in total. The lowest BCUT2D eigenvalue weighted by atomic mass is 10.1. The summed E-state index contributed by atoms with van der Waals surface area (Å²) in [5, 5.41) is 1.12. The molecule has 2 aromatic rings. The largest absolute Gasteiger partial charge is 0.302 e. The highest BCUT2D eigenvalue weighted by Crippen LogP contribution is 2.50. The molecule has 0 aliphatic heterocycles. The van der Waals surface area contributed by atoms with Gasteiger partial charge in [-0.05, 0) is 43.8 Å². The summed E-state index contributed by atoms with van der Waals surface area (Å²) in [6.07, 6.45) is 2.44. The normalized spacial score (nSPS) is 20.5. The van der Waals surface area contributed by atoms with E-state index in [0.29, 0.717) is 13.0 Å². The molecule has 4 heteroatoms. The Kier molecular flexibility index (Phi) is 3.42. The third-order valence-corrected chi connectivity index (χ3v) is 3.93. The molecular weight excluding hydrogens is 258 g/mol. The Bertz CT molecular complexity index is 612. The first-order chi connectivity index (χ1) is 9.54. The van der Waals surface area contributed by atoms with Crippen LogP contribution in [-0.2, 0) is 6.54 Å². The van der Waals surface area contributed by atoms with E-state index in [1.54, 1.807) is 6.20 Å². The van der Waals surface area contributed by atoms with Crippen LogP contribution in [0.1, 0.15) is 18.4 Å². The van der Waals surface area contributed by atoms with Crippen LogP contribution in [0.3, 0.4) is 0 Å². The van der Waals surface area contributed by atoms with E-state index >= 15 is 0 Å². The van der Waals surface area contributed by atoms with Crippen molar-refractivity contribution in [1.29, 1.82) is 0 Å². The molecule has 0 amide bonds. The molecule has 1 saturated carbocycles. The minimum atomic E-state index is -2.39. The highest BCUT2D eigenvalue weighted by molar-refractivity contribution is 5.78. The smallest absolute Gasteiger partial charge is 0.251 e. The first-order valence-corrected chi connectivity index (χ1v) is 6.95. The Morgan fingerprint density at radius 2 is 2.15 bits per heavy atom. The summed E-state index contributed by atoms with van der Waals surface area (Å²) in [5.74, 6) is -2.79. The summed E-state index contributed by atoms with van der Waals surface area (Å²) < 4.78 is 25.6. The van der Waals surface area contributed by atoms with E-state index in [4.69, 9.17) is 0 Å². The van der Waals surface area contributed by atoms with Gasteiger partial charge in [0.2, 0.25) is 0 Å². The molecule has 1 aliphatic carbocycles. The van der Waals surface area contributed by atoms with E-state index in [9.17, 15) is 8.78 Å². The molecule has 1 aliphatic rings.